The number of sulfonamides is 1. The number of rotatable bonds is 6. The lowest BCUT2D eigenvalue weighted by Gasteiger charge is -2.11. The zero-order chi connectivity index (χ0) is 15.2. The predicted molar refractivity (Wildman–Crippen MR) is 81.4 cm³/mol. The number of benzene rings is 1. The van der Waals surface area contributed by atoms with Crippen molar-refractivity contribution in [1.29, 1.82) is 0 Å². The molecule has 7 heteroatoms. The van der Waals surface area contributed by atoms with Crippen molar-refractivity contribution in [3.8, 4) is 0 Å². The number of urea groups is 1. The predicted octanol–water partition coefficient (Wildman–Crippen LogP) is 2.37. The molecule has 2 amide bonds. The fourth-order valence-corrected chi connectivity index (χ4v) is 2.69. The van der Waals surface area contributed by atoms with E-state index in [9.17, 15) is 13.2 Å². The summed E-state index contributed by atoms with van der Waals surface area (Å²) in [5.74, 6) is 0.0871. The van der Waals surface area contributed by atoms with Crippen LogP contribution in [0.1, 0.15) is 27.2 Å². The van der Waals surface area contributed by atoms with Gasteiger partial charge in [0.25, 0.3) is 0 Å². The smallest absolute Gasteiger partial charge is 0.319 e. The van der Waals surface area contributed by atoms with Gasteiger partial charge in [0, 0.05) is 17.4 Å². The molecule has 0 heterocycles. The van der Waals surface area contributed by atoms with Crippen molar-refractivity contribution in [1.82, 2.24) is 5.32 Å². The average molecular weight is 299 g/mol. The van der Waals surface area contributed by atoms with E-state index >= 15 is 0 Å². The summed E-state index contributed by atoms with van der Waals surface area (Å²) in [5.41, 5.74) is 1.08. The van der Waals surface area contributed by atoms with E-state index in [0.29, 0.717) is 17.8 Å². The molecule has 1 rings (SSSR count). The largest absolute Gasteiger partial charge is 0.336 e. The topological polar surface area (TPSA) is 87.3 Å². The zero-order valence-electron chi connectivity index (χ0n) is 11.9. The number of anilines is 2. The second-order valence-corrected chi connectivity index (χ2v) is 6.59. The molecule has 0 aliphatic rings. The third-order valence-electron chi connectivity index (χ3n) is 2.31. The minimum atomic E-state index is -3.29. The molecule has 3 N–H and O–H groups in total. The Bertz CT molecular complexity index is 538. The Balaban J connectivity index is 2.63. The quantitative estimate of drug-likeness (QED) is 0.753. The van der Waals surface area contributed by atoms with Gasteiger partial charge in [0.1, 0.15) is 0 Å². The molecular weight excluding hydrogens is 278 g/mol. The second-order valence-electron chi connectivity index (χ2n) is 4.75. The molecule has 112 valence electrons. The first-order valence-corrected chi connectivity index (χ1v) is 8.15. The summed E-state index contributed by atoms with van der Waals surface area (Å²) in [4.78, 5) is 11.5. The minimum Gasteiger partial charge on any atom is -0.336 e. The summed E-state index contributed by atoms with van der Waals surface area (Å²) in [6.07, 6.45) is 0.560. The zero-order valence-corrected chi connectivity index (χ0v) is 12.8. The van der Waals surface area contributed by atoms with Crippen LogP contribution in [0.4, 0.5) is 16.2 Å². The summed E-state index contributed by atoms with van der Waals surface area (Å²) in [6.45, 7) is 5.54. The van der Waals surface area contributed by atoms with E-state index in [-0.39, 0.29) is 17.8 Å². The molecule has 0 aromatic heterocycles. The molecule has 0 aliphatic carbocycles. The SMILES string of the molecule is CCCS(=O)(=O)Nc1ccc(NC(=O)NC(C)C)cc1. The Kier molecular flexibility index (Phi) is 5.82. The van der Waals surface area contributed by atoms with Gasteiger partial charge in [-0.3, -0.25) is 4.72 Å². The fraction of sp³-hybridized carbons (Fsp3) is 0.462. The van der Waals surface area contributed by atoms with Crippen molar-refractivity contribution in [2.45, 2.75) is 33.2 Å². The highest BCUT2D eigenvalue weighted by Gasteiger charge is 2.09. The molecule has 0 fully saturated rings. The van der Waals surface area contributed by atoms with Gasteiger partial charge in [-0.15, -0.1) is 0 Å². The number of carbonyl (C=O) groups is 1. The number of nitrogens with one attached hydrogen (secondary N) is 3. The van der Waals surface area contributed by atoms with Crippen molar-refractivity contribution in [2.24, 2.45) is 0 Å². The maximum Gasteiger partial charge on any atom is 0.319 e. The molecule has 1 aromatic rings. The second kappa shape index (κ2) is 7.14. The molecule has 6 nitrogen and oxygen atoms in total. The maximum atomic E-state index is 11.6. The van der Waals surface area contributed by atoms with Crippen LogP contribution in [0.25, 0.3) is 0 Å². The number of carbonyl (C=O) groups excluding carboxylic acids is 1. The summed E-state index contributed by atoms with van der Waals surface area (Å²) >= 11 is 0. The van der Waals surface area contributed by atoms with Crippen molar-refractivity contribution < 1.29 is 13.2 Å². The number of amides is 2. The molecular formula is C13H21N3O3S. The highest BCUT2D eigenvalue weighted by molar-refractivity contribution is 7.92. The Morgan fingerprint density at radius 1 is 1.15 bits per heavy atom. The van der Waals surface area contributed by atoms with Crippen LogP contribution in [-0.2, 0) is 10.0 Å². The third-order valence-corrected chi connectivity index (χ3v) is 3.80. The van der Waals surface area contributed by atoms with E-state index in [4.69, 9.17) is 0 Å². The van der Waals surface area contributed by atoms with Crippen LogP contribution < -0.4 is 15.4 Å². The summed E-state index contributed by atoms with van der Waals surface area (Å²) < 4.78 is 25.7. The van der Waals surface area contributed by atoms with Gasteiger partial charge in [-0.25, -0.2) is 13.2 Å². The van der Waals surface area contributed by atoms with E-state index in [1.807, 2.05) is 13.8 Å². The van der Waals surface area contributed by atoms with Crippen LogP contribution >= 0.6 is 0 Å². The summed E-state index contributed by atoms with van der Waals surface area (Å²) in [5, 5.41) is 5.36. The van der Waals surface area contributed by atoms with Gasteiger partial charge in [0.2, 0.25) is 10.0 Å². The van der Waals surface area contributed by atoms with Gasteiger partial charge in [-0.1, -0.05) is 6.92 Å². The molecule has 20 heavy (non-hydrogen) atoms. The van der Waals surface area contributed by atoms with Crippen LogP contribution in [-0.4, -0.2) is 26.2 Å². The lowest BCUT2D eigenvalue weighted by Crippen LogP contribution is -2.34. The molecule has 0 radical (unpaired) electrons. The third kappa shape index (κ3) is 5.92. The Labute approximate surface area is 120 Å². The normalized spacial score (nSPS) is 11.2. The van der Waals surface area contributed by atoms with Gasteiger partial charge < -0.3 is 10.6 Å². The van der Waals surface area contributed by atoms with E-state index < -0.39 is 10.0 Å². The van der Waals surface area contributed by atoms with Crippen LogP contribution in [0.5, 0.6) is 0 Å². The lowest BCUT2D eigenvalue weighted by atomic mass is 10.3. The van der Waals surface area contributed by atoms with Crippen LogP contribution in [0.2, 0.25) is 0 Å². The molecule has 0 unspecified atom stereocenters. The monoisotopic (exact) mass is 299 g/mol. The Hall–Kier alpha value is -1.76. The van der Waals surface area contributed by atoms with E-state index in [1.165, 1.54) is 0 Å². The molecule has 0 saturated heterocycles. The van der Waals surface area contributed by atoms with Gasteiger partial charge in [-0.2, -0.15) is 0 Å². The molecule has 0 aliphatic heterocycles. The van der Waals surface area contributed by atoms with Gasteiger partial charge in [0.15, 0.2) is 0 Å². The molecule has 0 atom stereocenters. The first-order chi connectivity index (χ1) is 9.32. The van der Waals surface area contributed by atoms with Crippen molar-refractivity contribution in [3.63, 3.8) is 0 Å². The first-order valence-electron chi connectivity index (χ1n) is 6.50. The Morgan fingerprint density at radius 2 is 1.70 bits per heavy atom. The molecule has 0 saturated carbocycles. The number of hydrogen-bond acceptors (Lipinski definition) is 3. The standard InChI is InChI=1S/C13H21N3O3S/c1-4-9-20(18,19)16-12-7-5-11(6-8-12)15-13(17)14-10(2)3/h5-8,10,16H,4,9H2,1-3H3,(H2,14,15,17). The average Bonchev–Trinajstić information content (AvgIpc) is 2.30. The molecule has 0 bridgehead atoms. The molecule has 0 spiro atoms. The minimum absolute atomic E-state index is 0.0510. The van der Waals surface area contributed by atoms with Crippen molar-refractivity contribution in [2.75, 3.05) is 15.8 Å². The van der Waals surface area contributed by atoms with E-state index in [2.05, 4.69) is 15.4 Å². The number of hydrogen-bond donors (Lipinski definition) is 3. The molecule has 1 aromatic carbocycles. The van der Waals surface area contributed by atoms with Crippen LogP contribution in [0.15, 0.2) is 24.3 Å². The van der Waals surface area contributed by atoms with Gasteiger partial charge in [0.05, 0.1) is 5.75 Å². The van der Waals surface area contributed by atoms with Crippen LogP contribution in [0.3, 0.4) is 0 Å². The Morgan fingerprint density at radius 3 is 2.20 bits per heavy atom. The van der Waals surface area contributed by atoms with Crippen LogP contribution in [0, 0.1) is 0 Å². The summed E-state index contributed by atoms with van der Waals surface area (Å²) in [6, 6.07) is 6.26. The maximum absolute atomic E-state index is 11.6. The van der Waals surface area contributed by atoms with Crippen molar-refractivity contribution >= 4 is 27.4 Å². The highest BCUT2D eigenvalue weighted by atomic mass is 32.2. The highest BCUT2D eigenvalue weighted by Crippen LogP contribution is 2.15. The van der Waals surface area contributed by atoms with E-state index in [0.717, 1.165) is 0 Å². The lowest BCUT2D eigenvalue weighted by molar-refractivity contribution is 0.250. The fourth-order valence-electron chi connectivity index (χ4n) is 1.55. The van der Waals surface area contributed by atoms with Gasteiger partial charge >= 0.3 is 6.03 Å². The first kappa shape index (κ1) is 16.3. The van der Waals surface area contributed by atoms with E-state index in [1.54, 1.807) is 31.2 Å². The summed E-state index contributed by atoms with van der Waals surface area (Å²) in [7, 11) is -3.29. The van der Waals surface area contributed by atoms with Crippen molar-refractivity contribution in [3.05, 3.63) is 24.3 Å². The van der Waals surface area contributed by atoms with Gasteiger partial charge in [-0.05, 0) is 44.5 Å².